The summed E-state index contributed by atoms with van der Waals surface area (Å²) in [5.41, 5.74) is 1.15. The van der Waals surface area contributed by atoms with Crippen molar-refractivity contribution in [2.24, 2.45) is 0 Å². The van der Waals surface area contributed by atoms with E-state index in [0.29, 0.717) is 17.9 Å². The minimum atomic E-state index is -3.91. The number of amides is 1. The van der Waals surface area contributed by atoms with Crippen molar-refractivity contribution in [2.75, 3.05) is 11.3 Å². The molecule has 0 aromatic heterocycles. The average Bonchev–Trinajstić information content (AvgIpc) is 3.46. The standard InChI is InChI=1S/C25H29FN2O6S/c26-15-5-8-19(9-6-15)35(31,32)28-17-7-10-22-20(11-17)21-12-18(33-23(14-29)25(21)34-22)13-24(30)27-16-3-1-2-4-16/h5-11,16,18,21,23,25,28-29H,1-4,12-14H2,(H,27,30)/t18-,21-,23-,25+/m1/s1. The molecule has 188 valence electrons. The van der Waals surface area contributed by atoms with Gasteiger partial charge in [-0.25, -0.2) is 12.8 Å². The van der Waals surface area contributed by atoms with Crippen molar-refractivity contribution in [3.8, 4) is 5.75 Å². The quantitative estimate of drug-likeness (QED) is 0.534. The number of ether oxygens (including phenoxy) is 2. The zero-order valence-corrected chi connectivity index (χ0v) is 20.0. The number of halogens is 1. The average molecular weight is 505 g/mol. The van der Waals surface area contributed by atoms with E-state index in [2.05, 4.69) is 10.0 Å². The fourth-order valence-electron chi connectivity index (χ4n) is 5.34. The van der Waals surface area contributed by atoms with E-state index in [1.807, 2.05) is 0 Å². The highest BCUT2D eigenvalue weighted by molar-refractivity contribution is 7.92. The van der Waals surface area contributed by atoms with Crippen LogP contribution in [0.15, 0.2) is 47.4 Å². The lowest BCUT2D eigenvalue weighted by Crippen LogP contribution is -2.47. The summed E-state index contributed by atoms with van der Waals surface area (Å²) in [7, 11) is -3.91. The topological polar surface area (TPSA) is 114 Å². The Bertz CT molecular complexity index is 1180. The first-order chi connectivity index (χ1) is 16.8. The maximum atomic E-state index is 13.2. The number of anilines is 1. The largest absolute Gasteiger partial charge is 0.487 e. The van der Waals surface area contributed by atoms with Crippen LogP contribution in [0.5, 0.6) is 5.75 Å². The van der Waals surface area contributed by atoms with Gasteiger partial charge in [-0.05, 0) is 61.7 Å². The molecule has 5 rings (SSSR count). The predicted molar refractivity (Wildman–Crippen MR) is 126 cm³/mol. The number of hydrogen-bond acceptors (Lipinski definition) is 6. The molecule has 1 saturated heterocycles. The molecule has 0 radical (unpaired) electrons. The lowest BCUT2D eigenvalue weighted by Gasteiger charge is -2.37. The Kier molecular flexibility index (Phi) is 6.69. The second kappa shape index (κ2) is 9.75. The van der Waals surface area contributed by atoms with Gasteiger partial charge in [0.1, 0.15) is 23.8 Å². The van der Waals surface area contributed by atoms with Crippen molar-refractivity contribution in [2.45, 2.75) is 73.7 Å². The summed E-state index contributed by atoms with van der Waals surface area (Å²) in [6.07, 6.45) is 3.56. The lowest BCUT2D eigenvalue weighted by atomic mass is 9.84. The third-order valence-corrected chi connectivity index (χ3v) is 8.41. The number of rotatable bonds is 7. The first-order valence-electron chi connectivity index (χ1n) is 12.0. The molecule has 2 aliphatic heterocycles. The summed E-state index contributed by atoms with van der Waals surface area (Å²) in [6.45, 7) is -0.250. The number of carbonyl (C=O) groups is 1. The van der Waals surface area contributed by atoms with E-state index < -0.39 is 28.0 Å². The van der Waals surface area contributed by atoms with Crippen LogP contribution in [-0.4, -0.2) is 50.4 Å². The molecule has 10 heteroatoms. The first-order valence-corrected chi connectivity index (χ1v) is 13.5. The summed E-state index contributed by atoms with van der Waals surface area (Å²) in [6, 6.07) is 9.82. The van der Waals surface area contributed by atoms with Gasteiger partial charge in [0.25, 0.3) is 10.0 Å². The molecule has 2 fully saturated rings. The molecule has 2 aromatic rings. The molecule has 1 aliphatic carbocycles. The molecule has 2 aromatic carbocycles. The van der Waals surface area contributed by atoms with Crippen LogP contribution in [0.1, 0.15) is 50.0 Å². The van der Waals surface area contributed by atoms with Crippen LogP contribution in [0.3, 0.4) is 0 Å². The van der Waals surface area contributed by atoms with Crippen molar-refractivity contribution in [3.05, 3.63) is 53.8 Å². The number of aliphatic hydroxyl groups excluding tert-OH is 1. The van der Waals surface area contributed by atoms with Crippen molar-refractivity contribution >= 4 is 21.6 Å². The minimum Gasteiger partial charge on any atom is -0.487 e. The molecule has 0 unspecified atom stereocenters. The fourth-order valence-corrected chi connectivity index (χ4v) is 6.39. The number of aliphatic hydroxyl groups is 1. The molecule has 8 nitrogen and oxygen atoms in total. The SMILES string of the molecule is O=C(C[C@H]1C[C@@H]2c3cc(NS(=O)(=O)c4ccc(F)cc4)ccc3O[C@@H]2[C@@H](CO)O1)NC1CCCC1. The highest BCUT2D eigenvalue weighted by atomic mass is 32.2. The minimum absolute atomic E-state index is 0.0479. The van der Waals surface area contributed by atoms with Gasteiger partial charge in [0, 0.05) is 23.2 Å². The van der Waals surface area contributed by atoms with Gasteiger partial charge in [-0.2, -0.15) is 0 Å². The highest BCUT2D eigenvalue weighted by Gasteiger charge is 2.46. The first kappa shape index (κ1) is 24.0. The van der Waals surface area contributed by atoms with Gasteiger partial charge in [-0.15, -0.1) is 0 Å². The second-order valence-electron chi connectivity index (χ2n) is 9.47. The Balaban J connectivity index is 1.32. The fraction of sp³-hybridized carbons (Fsp3) is 0.480. The molecule has 1 saturated carbocycles. The Hall–Kier alpha value is -2.69. The van der Waals surface area contributed by atoms with Crippen LogP contribution in [0, 0.1) is 5.82 Å². The molecule has 0 bridgehead atoms. The van der Waals surface area contributed by atoms with E-state index in [9.17, 15) is 22.7 Å². The molecule has 35 heavy (non-hydrogen) atoms. The zero-order valence-electron chi connectivity index (χ0n) is 19.2. The van der Waals surface area contributed by atoms with Gasteiger partial charge in [0.05, 0.1) is 24.0 Å². The van der Waals surface area contributed by atoms with Crippen molar-refractivity contribution in [3.63, 3.8) is 0 Å². The molecule has 1 amide bonds. The van der Waals surface area contributed by atoms with Gasteiger partial charge in [0.2, 0.25) is 5.91 Å². The van der Waals surface area contributed by atoms with E-state index in [1.54, 1.807) is 18.2 Å². The molecule has 0 spiro atoms. The van der Waals surface area contributed by atoms with Crippen LogP contribution < -0.4 is 14.8 Å². The van der Waals surface area contributed by atoms with Crippen LogP contribution >= 0.6 is 0 Å². The maximum Gasteiger partial charge on any atom is 0.261 e. The number of nitrogens with one attached hydrogen (secondary N) is 2. The maximum absolute atomic E-state index is 13.2. The molecular formula is C25H29FN2O6S. The van der Waals surface area contributed by atoms with Crippen LogP contribution in [0.4, 0.5) is 10.1 Å². The number of hydrogen-bond donors (Lipinski definition) is 3. The van der Waals surface area contributed by atoms with Gasteiger partial charge in [0.15, 0.2) is 0 Å². The Morgan fingerprint density at radius 2 is 1.86 bits per heavy atom. The van der Waals surface area contributed by atoms with E-state index in [4.69, 9.17) is 9.47 Å². The summed E-state index contributed by atoms with van der Waals surface area (Å²) < 4.78 is 53.3. The van der Waals surface area contributed by atoms with Crippen molar-refractivity contribution < 1.29 is 32.2 Å². The third kappa shape index (κ3) is 5.14. The second-order valence-corrected chi connectivity index (χ2v) is 11.2. The van der Waals surface area contributed by atoms with E-state index in [0.717, 1.165) is 43.4 Å². The molecule has 3 N–H and O–H groups in total. The van der Waals surface area contributed by atoms with Gasteiger partial charge >= 0.3 is 0 Å². The lowest BCUT2D eigenvalue weighted by molar-refractivity contribution is -0.142. The summed E-state index contributed by atoms with van der Waals surface area (Å²) >= 11 is 0. The van der Waals surface area contributed by atoms with Crippen LogP contribution in [0.2, 0.25) is 0 Å². The van der Waals surface area contributed by atoms with E-state index in [-0.39, 0.29) is 41.9 Å². The molecular weight excluding hydrogens is 475 g/mol. The summed E-state index contributed by atoms with van der Waals surface area (Å²) in [5.74, 6) is -0.135. The predicted octanol–water partition coefficient (Wildman–Crippen LogP) is 3.07. The van der Waals surface area contributed by atoms with E-state index in [1.165, 1.54) is 12.1 Å². The van der Waals surface area contributed by atoms with Crippen molar-refractivity contribution in [1.29, 1.82) is 0 Å². The third-order valence-electron chi connectivity index (χ3n) is 7.01. The number of carbonyl (C=O) groups excluding carboxylic acids is 1. The molecule has 4 atom stereocenters. The summed E-state index contributed by atoms with van der Waals surface area (Å²) in [4.78, 5) is 12.5. The van der Waals surface area contributed by atoms with E-state index >= 15 is 0 Å². The summed E-state index contributed by atoms with van der Waals surface area (Å²) in [5, 5.41) is 13.0. The monoisotopic (exact) mass is 504 g/mol. The Morgan fingerprint density at radius 1 is 1.11 bits per heavy atom. The Morgan fingerprint density at radius 3 is 2.57 bits per heavy atom. The highest BCUT2D eigenvalue weighted by Crippen LogP contribution is 2.47. The van der Waals surface area contributed by atoms with Gasteiger partial charge in [-0.3, -0.25) is 9.52 Å². The van der Waals surface area contributed by atoms with Gasteiger partial charge in [-0.1, -0.05) is 12.8 Å². The normalized spacial score (nSPS) is 26.0. The van der Waals surface area contributed by atoms with Crippen molar-refractivity contribution in [1.82, 2.24) is 5.32 Å². The Labute approximate surface area is 203 Å². The number of sulfonamides is 1. The smallest absolute Gasteiger partial charge is 0.261 e. The van der Waals surface area contributed by atoms with Crippen LogP contribution in [-0.2, 0) is 19.6 Å². The number of fused-ring (bicyclic) bond motifs is 3. The zero-order chi connectivity index (χ0) is 24.6. The molecule has 2 heterocycles. The number of benzene rings is 2. The van der Waals surface area contributed by atoms with Crippen LogP contribution in [0.25, 0.3) is 0 Å². The molecule has 3 aliphatic rings. The van der Waals surface area contributed by atoms with Gasteiger partial charge < -0.3 is 19.9 Å².